The fourth-order valence-electron chi connectivity index (χ4n) is 3.13. The second-order valence-corrected chi connectivity index (χ2v) is 5.21. The summed E-state index contributed by atoms with van der Waals surface area (Å²) in [6.45, 7) is 4.70. The maximum absolute atomic E-state index is 2.35. The van der Waals surface area contributed by atoms with Crippen molar-refractivity contribution in [1.29, 1.82) is 0 Å². The Balaban J connectivity index is 0.00000120. The van der Waals surface area contributed by atoms with E-state index in [9.17, 15) is 0 Å². The molecule has 0 saturated heterocycles. The molecule has 0 fully saturated rings. The zero-order chi connectivity index (χ0) is 11.8. The van der Waals surface area contributed by atoms with Gasteiger partial charge in [0.05, 0.1) is 0 Å². The topological polar surface area (TPSA) is 0 Å². The van der Waals surface area contributed by atoms with E-state index in [2.05, 4.69) is 62.4 Å². The van der Waals surface area contributed by atoms with Gasteiger partial charge >= 0.3 is 0 Å². The first-order valence-corrected chi connectivity index (χ1v) is 6.45. The molecule has 18 heavy (non-hydrogen) atoms. The van der Waals surface area contributed by atoms with E-state index in [1.54, 1.807) is 0 Å². The number of hydrogen-bond acceptors (Lipinski definition) is 0. The molecule has 1 aliphatic carbocycles. The number of hydrogen-bond donors (Lipinski definition) is 0. The van der Waals surface area contributed by atoms with Gasteiger partial charge in [0.1, 0.15) is 0 Å². The third kappa shape index (κ3) is 1.96. The molecule has 0 radical (unpaired) electrons. The highest BCUT2D eigenvalue weighted by atomic mass is 14.3. The van der Waals surface area contributed by atoms with E-state index in [4.69, 9.17) is 0 Å². The molecule has 0 aliphatic heterocycles. The number of benzene rings is 2. The molecule has 0 amide bonds. The summed E-state index contributed by atoms with van der Waals surface area (Å²) in [5, 5.41) is 0. The van der Waals surface area contributed by atoms with E-state index < -0.39 is 0 Å². The minimum atomic E-state index is 0. The van der Waals surface area contributed by atoms with Gasteiger partial charge in [0.2, 0.25) is 0 Å². The summed E-state index contributed by atoms with van der Waals surface area (Å²) in [4.78, 5) is 0. The van der Waals surface area contributed by atoms with Crippen LogP contribution in [0.2, 0.25) is 0 Å². The first-order chi connectivity index (χ1) is 8.27. The molecule has 1 aliphatic rings. The normalized spacial score (nSPS) is 21.2. The Morgan fingerprint density at radius 2 is 1.11 bits per heavy atom. The molecule has 2 aromatic carbocycles. The highest BCUT2D eigenvalue weighted by Crippen LogP contribution is 2.42. The van der Waals surface area contributed by atoms with Gasteiger partial charge in [-0.05, 0) is 40.5 Å². The minimum Gasteiger partial charge on any atom is -0.0776 e. The van der Waals surface area contributed by atoms with Gasteiger partial charge in [-0.15, -0.1) is 0 Å². The molecule has 2 aromatic rings. The molecule has 0 heteroatoms. The first kappa shape index (κ1) is 12.9. The number of fused-ring (bicyclic) bond motifs is 3. The third-order valence-corrected chi connectivity index (χ3v) is 3.98. The quantitative estimate of drug-likeness (QED) is 0.560. The van der Waals surface area contributed by atoms with Crippen molar-refractivity contribution in [3.05, 3.63) is 59.7 Å². The van der Waals surface area contributed by atoms with Crippen molar-refractivity contribution >= 4 is 0 Å². The van der Waals surface area contributed by atoms with Crippen LogP contribution in [0.4, 0.5) is 0 Å². The zero-order valence-corrected chi connectivity index (χ0v) is 10.5. The lowest BCUT2D eigenvalue weighted by Crippen LogP contribution is -1.97. The van der Waals surface area contributed by atoms with E-state index in [1.165, 1.54) is 28.7 Å². The lowest BCUT2D eigenvalue weighted by atomic mass is 9.90. The van der Waals surface area contributed by atoms with Crippen molar-refractivity contribution in [3.63, 3.8) is 0 Å². The van der Waals surface area contributed by atoms with Crippen LogP contribution in [0.5, 0.6) is 0 Å². The lowest BCUT2D eigenvalue weighted by Gasteiger charge is -2.14. The highest BCUT2D eigenvalue weighted by molar-refractivity contribution is 5.72. The molecular weight excluding hydrogens is 216 g/mol. The summed E-state index contributed by atoms with van der Waals surface area (Å²) >= 11 is 0. The van der Waals surface area contributed by atoms with Crippen LogP contribution in [0.25, 0.3) is 11.1 Å². The van der Waals surface area contributed by atoms with Crippen LogP contribution in [0, 0.1) is 0 Å². The fourth-order valence-corrected chi connectivity index (χ4v) is 3.13. The van der Waals surface area contributed by atoms with Gasteiger partial charge in [0.15, 0.2) is 0 Å². The monoisotopic (exact) mass is 238 g/mol. The fraction of sp³-hybridized carbons (Fsp3) is 0.333. The molecule has 3 rings (SSSR count). The van der Waals surface area contributed by atoms with Crippen LogP contribution in [0.15, 0.2) is 48.5 Å². The second-order valence-electron chi connectivity index (χ2n) is 5.21. The number of rotatable bonds is 0. The summed E-state index contributed by atoms with van der Waals surface area (Å²) in [7, 11) is 0. The van der Waals surface area contributed by atoms with Crippen LogP contribution >= 0.6 is 0 Å². The van der Waals surface area contributed by atoms with Crippen molar-refractivity contribution in [2.24, 2.45) is 0 Å². The first-order valence-electron chi connectivity index (χ1n) is 6.45. The summed E-state index contributed by atoms with van der Waals surface area (Å²) in [6, 6.07) is 17.7. The molecule has 2 atom stereocenters. The van der Waals surface area contributed by atoms with Gasteiger partial charge in [-0.25, -0.2) is 0 Å². The van der Waals surface area contributed by atoms with Crippen LogP contribution < -0.4 is 0 Å². The molecule has 0 heterocycles. The van der Waals surface area contributed by atoms with E-state index in [0.29, 0.717) is 11.8 Å². The lowest BCUT2D eigenvalue weighted by molar-refractivity contribution is 0.602. The average Bonchev–Trinajstić information content (AvgIpc) is 2.48. The molecule has 0 bridgehead atoms. The SMILES string of the molecule is C.CC1CC(C)c2ccccc2-c2ccccc21. The van der Waals surface area contributed by atoms with Crippen molar-refractivity contribution in [2.75, 3.05) is 0 Å². The van der Waals surface area contributed by atoms with Gasteiger partial charge in [0.25, 0.3) is 0 Å². The van der Waals surface area contributed by atoms with Crippen molar-refractivity contribution in [3.8, 4) is 11.1 Å². The van der Waals surface area contributed by atoms with Crippen molar-refractivity contribution in [1.82, 2.24) is 0 Å². The maximum atomic E-state index is 2.35. The van der Waals surface area contributed by atoms with Crippen LogP contribution in [0.3, 0.4) is 0 Å². The van der Waals surface area contributed by atoms with Crippen LogP contribution in [0.1, 0.15) is 50.7 Å². The van der Waals surface area contributed by atoms with Crippen molar-refractivity contribution in [2.45, 2.75) is 39.5 Å². The maximum Gasteiger partial charge on any atom is -0.0146 e. The van der Waals surface area contributed by atoms with Crippen LogP contribution in [-0.4, -0.2) is 0 Å². The average molecular weight is 238 g/mol. The van der Waals surface area contributed by atoms with Gasteiger partial charge in [-0.2, -0.15) is 0 Å². The molecule has 94 valence electrons. The highest BCUT2D eigenvalue weighted by Gasteiger charge is 2.22. The van der Waals surface area contributed by atoms with Crippen molar-refractivity contribution < 1.29 is 0 Å². The van der Waals surface area contributed by atoms with E-state index >= 15 is 0 Å². The molecule has 0 nitrogen and oxygen atoms in total. The van der Waals surface area contributed by atoms with E-state index in [1.807, 2.05) is 0 Å². The largest absolute Gasteiger partial charge is 0.0776 e. The molecule has 0 saturated carbocycles. The smallest absolute Gasteiger partial charge is 0.0146 e. The molecular formula is C18H22. The molecule has 0 N–H and O–H groups in total. The zero-order valence-electron chi connectivity index (χ0n) is 10.5. The Labute approximate surface area is 111 Å². The van der Waals surface area contributed by atoms with Gasteiger partial charge < -0.3 is 0 Å². The Morgan fingerprint density at radius 3 is 1.56 bits per heavy atom. The Kier molecular flexibility index (Phi) is 3.56. The predicted octanol–water partition coefficient (Wildman–Crippen LogP) is 5.60. The summed E-state index contributed by atoms with van der Waals surface area (Å²) in [5.74, 6) is 1.29. The molecule has 0 spiro atoms. The summed E-state index contributed by atoms with van der Waals surface area (Å²) in [6.07, 6.45) is 1.24. The predicted molar refractivity (Wildman–Crippen MR) is 80.1 cm³/mol. The minimum absolute atomic E-state index is 0. The Hall–Kier alpha value is -1.56. The Morgan fingerprint density at radius 1 is 0.722 bits per heavy atom. The molecule has 2 unspecified atom stereocenters. The van der Waals surface area contributed by atoms with E-state index in [-0.39, 0.29) is 7.43 Å². The Bertz CT molecular complexity index is 490. The van der Waals surface area contributed by atoms with Crippen LogP contribution in [-0.2, 0) is 0 Å². The summed E-state index contributed by atoms with van der Waals surface area (Å²) < 4.78 is 0. The van der Waals surface area contributed by atoms with Gasteiger partial charge in [0, 0.05) is 0 Å². The molecule has 0 aromatic heterocycles. The standard InChI is InChI=1S/C17H18.CH4/c1-12-11-13(2)15-8-4-6-10-17(15)16-9-5-3-7-14(12)16;/h3-10,12-13H,11H2,1-2H3;1H4. The second kappa shape index (κ2) is 4.97. The summed E-state index contributed by atoms with van der Waals surface area (Å²) in [5.41, 5.74) is 5.87. The van der Waals surface area contributed by atoms with Gasteiger partial charge in [-0.1, -0.05) is 69.8 Å². The van der Waals surface area contributed by atoms with E-state index in [0.717, 1.165) is 0 Å². The third-order valence-electron chi connectivity index (χ3n) is 3.98. The van der Waals surface area contributed by atoms with Gasteiger partial charge in [-0.3, -0.25) is 0 Å².